The minimum absolute atomic E-state index is 0.00271. The van der Waals surface area contributed by atoms with E-state index in [9.17, 15) is 33.8 Å². The number of phosphoric acid groups is 1. The molecule has 0 heterocycles. The molecular weight excluding hydrogens is 818 g/mol. The van der Waals surface area contributed by atoms with E-state index in [0.717, 1.165) is 38.0 Å². The summed E-state index contributed by atoms with van der Waals surface area (Å²) in [4.78, 5) is 54.9. The number of allylic oxidation sites excluding steroid dienone is 7. The van der Waals surface area contributed by atoms with E-state index in [1.165, 1.54) is 108 Å². The Kier molecular flexibility index (Phi) is 39.0. The van der Waals surface area contributed by atoms with Gasteiger partial charge in [-0.05, 0) is 44.4 Å². The summed E-state index contributed by atoms with van der Waals surface area (Å²) in [5, 5.41) is 19.3. The molecule has 61 heavy (non-hydrogen) atoms. The van der Waals surface area contributed by atoms with E-state index in [0.29, 0.717) is 6.42 Å². The van der Waals surface area contributed by atoms with Gasteiger partial charge in [-0.3, -0.25) is 18.9 Å². The molecule has 0 aromatic carbocycles. The molecule has 0 radical (unpaired) electrons. The largest absolute Gasteiger partial charge is 0.481 e. The standard InChI is InChI=1S/C47H84NO11PS/c1-4-6-7-8-9-10-11-17-20-23-26-29-34-44(43(49)33-31-35-45(50)51)61-39-42(48)47(53)59-41(38-58-60(54,55)56)37-57-46(52)36-30-27-24-21-18-15-13-12-14-16-19-22-25-28-32-40(3)5-2/h9-10,17,20,23,26,29,34,40-44,49H,4-8,11-16,18-19,21-22,24-25,27-28,30-33,35-39,48H2,1-3H3,(H,50,51)(H2,54,55,56)/b10-9-,20-17-,26-23+,34-29+/t40?,41-,42+,43+,44-/m1/s1. The summed E-state index contributed by atoms with van der Waals surface area (Å²) in [7, 11) is -4.92. The number of carboxylic acid groups (broad SMARTS) is 1. The van der Waals surface area contributed by atoms with Crippen molar-refractivity contribution in [3.63, 3.8) is 0 Å². The number of ether oxygens (including phenoxy) is 2. The lowest BCUT2D eigenvalue weighted by molar-refractivity contribution is -0.161. The van der Waals surface area contributed by atoms with Crippen LogP contribution in [0.15, 0.2) is 48.6 Å². The predicted molar refractivity (Wildman–Crippen MR) is 249 cm³/mol. The average Bonchev–Trinajstić information content (AvgIpc) is 3.22. The molecule has 0 fully saturated rings. The van der Waals surface area contributed by atoms with E-state index in [-0.39, 0.29) is 31.4 Å². The minimum atomic E-state index is -4.92. The first-order valence-electron chi connectivity index (χ1n) is 23.3. The molecule has 0 rings (SSSR count). The van der Waals surface area contributed by atoms with E-state index >= 15 is 0 Å². The molecule has 0 aromatic heterocycles. The molecule has 14 heteroatoms. The maximum Gasteiger partial charge on any atom is 0.469 e. The molecule has 0 saturated carbocycles. The van der Waals surface area contributed by atoms with Crippen molar-refractivity contribution in [1.29, 1.82) is 0 Å². The molecule has 0 aliphatic carbocycles. The number of carbonyl (C=O) groups excluding carboxylic acids is 2. The zero-order valence-corrected chi connectivity index (χ0v) is 39.6. The minimum Gasteiger partial charge on any atom is -0.481 e. The zero-order valence-electron chi connectivity index (χ0n) is 37.9. The van der Waals surface area contributed by atoms with Crippen molar-refractivity contribution in [3.8, 4) is 0 Å². The molecule has 0 aliphatic rings. The summed E-state index contributed by atoms with van der Waals surface area (Å²) in [6, 6.07) is -1.20. The number of aliphatic hydroxyl groups is 1. The molecule has 12 nitrogen and oxygen atoms in total. The summed E-state index contributed by atoms with van der Waals surface area (Å²) in [6.45, 7) is 5.61. The molecule has 1 unspecified atom stereocenters. The number of unbranched alkanes of at least 4 members (excludes halogenated alkanes) is 16. The Morgan fingerprint density at radius 3 is 1.92 bits per heavy atom. The van der Waals surface area contributed by atoms with Gasteiger partial charge in [0.1, 0.15) is 12.6 Å². The highest BCUT2D eigenvalue weighted by molar-refractivity contribution is 8.00. The number of rotatable bonds is 42. The topological polar surface area (TPSA) is 203 Å². The zero-order chi connectivity index (χ0) is 45.4. The lowest BCUT2D eigenvalue weighted by Gasteiger charge is -2.23. The Bertz CT molecular complexity index is 1270. The molecule has 5 atom stereocenters. The number of carboxylic acids is 1. The Morgan fingerprint density at radius 1 is 0.721 bits per heavy atom. The average molecular weight is 902 g/mol. The second-order valence-electron chi connectivity index (χ2n) is 16.2. The number of nitrogens with two attached hydrogens (primary N) is 1. The highest BCUT2D eigenvalue weighted by Crippen LogP contribution is 2.36. The monoisotopic (exact) mass is 902 g/mol. The third kappa shape index (κ3) is 40.3. The Balaban J connectivity index is 4.74. The van der Waals surface area contributed by atoms with Crippen molar-refractivity contribution in [2.24, 2.45) is 11.7 Å². The van der Waals surface area contributed by atoms with Crippen LogP contribution in [0.4, 0.5) is 0 Å². The van der Waals surface area contributed by atoms with Crippen molar-refractivity contribution < 1.29 is 52.9 Å². The fourth-order valence-electron chi connectivity index (χ4n) is 6.36. The van der Waals surface area contributed by atoms with Crippen molar-refractivity contribution in [1.82, 2.24) is 0 Å². The van der Waals surface area contributed by atoms with E-state index in [4.69, 9.17) is 20.3 Å². The van der Waals surface area contributed by atoms with Gasteiger partial charge in [0.25, 0.3) is 0 Å². The van der Waals surface area contributed by atoms with Gasteiger partial charge in [-0.1, -0.05) is 179 Å². The van der Waals surface area contributed by atoms with Crippen LogP contribution in [0, 0.1) is 5.92 Å². The van der Waals surface area contributed by atoms with Crippen LogP contribution in [0.1, 0.15) is 181 Å². The highest BCUT2D eigenvalue weighted by Gasteiger charge is 2.27. The van der Waals surface area contributed by atoms with Gasteiger partial charge >= 0.3 is 25.7 Å². The SMILES string of the molecule is CCCCC/C=C\C\C=C/C=C/C=C/[C@@H](SC[C@H](N)C(=O)O[C@H](COC(=O)CCCCCCCCCCCCCCCCC(C)CC)COP(=O)(O)O)[C@@H](O)CCCC(=O)O. The third-order valence-electron chi connectivity index (χ3n) is 10.4. The van der Waals surface area contributed by atoms with E-state index in [1.807, 2.05) is 18.2 Å². The fourth-order valence-corrected chi connectivity index (χ4v) is 7.85. The number of carbonyl (C=O) groups is 3. The predicted octanol–water partition coefficient (Wildman–Crippen LogP) is 11.1. The van der Waals surface area contributed by atoms with Gasteiger partial charge in [-0.15, -0.1) is 11.8 Å². The first kappa shape index (κ1) is 58.8. The smallest absolute Gasteiger partial charge is 0.469 e. The number of thioether (sulfide) groups is 1. The van der Waals surface area contributed by atoms with Gasteiger partial charge in [0, 0.05) is 23.8 Å². The maximum atomic E-state index is 13.0. The second-order valence-corrected chi connectivity index (χ2v) is 18.6. The summed E-state index contributed by atoms with van der Waals surface area (Å²) in [6.07, 6.45) is 38.7. The van der Waals surface area contributed by atoms with Gasteiger partial charge in [0.2, 0.25) is 0 Å². The van der Waals surface area contributed by atoms with Crippen molar-refractivity contribution >= 4 is 37.5 Å². The van der Waals surface area contributed by atoms with Crippen LogP contribution in [0.25, 0.3) is 0 Å². The summed E-state index contributed by atoms with van der Waals surface area (Å²) < 4.78 is 26.6. The first-order chi connectivity index (χ1) is 29.3. The van der Waals surface area contributed by atoms with Gasteiger partial charge in [0.15, 0.2) is 6.10 Å². The van der Waals surface area contributed by atoms with Gasteiger partial charge in [-0.2, -0.15) is 0 Å². The van der Waals surface area contributed by atoms with E-state index in [1.54, 1.807) is 18.2 Å². The van der Waals surface area contributed by atoms with Crippen LogP contribution in [-0.2, 0) is 32.9 Å². The van der Waals surface area contributed by atoms with E-state index in [2.05, 4.69) is 37.4 Å². The number of phosphoric ester groups is 1. The number of hydrogen-bond donors (Lipinski definition) is 5. The van der Waals surface area contributed by atoms with Crippen molar-refractivity contribution in [2.75, 3.05) is 19.0 Å². The Morgan fingerprint density at radius 2 is 1.33 bits per heavy atom. The molecule has 0 bridgehead atoms. The quantitative estimate of drug-likeness (QED) is 0.0127. The molecule has 0 aliphatic heterocycles. The Hall–Kier alpha value is -2.25. The third-order valence-corrected chi connectivity index (χ3v) is 12.3. The second kappa shape index (κ2) is 40.5. The number of esters is 2. The van der Waals surface area contributed by atoms with Crippen LogP contribution in [-0.4, -0.2) is 80.4 Å². The summed E-state index contributed by atoms with van der Waals surface area (Å²) in [5.74, 6) is -1.52. The van der Waals surface area contributed by atoms with Crippen molar-refractivity contribution in [2.45, 2.75) is 205 Å². The van der Waals surface area contributed by atoms with Gasteiger partial charge in [-0.25, -0.2) is 4.57 Å². The molecule has 6 N–H and O–H groups in total. The van der Waals surface area contributed by atoms with Crippen molar-refractivity contribution in [3.05, 3.63) is 48.6 Å². The number of aliphatic hydroxyl groups excluding tert-OH is 1. The fraction of sp³-hybridized carbons (Fsp3) is 0.766. The number of hydrogen-bond acceptors (Lipinski definition) is 10. The summed E-state index contributed by atoms with van der Waals surface area (Å²) >= 11 is 1.18. The molecule has 0 amide bonds. The first-order valence-corrected chi connectivity index (χ1v) is 25.8. The Labute approximate surface area is 373 Å². The molecular formula is C47H84NO11PS. The summed E-state index contributed by atoms with van der Waals surface area (Å²) in [5.41, 5.74) is 6.13. The van der Waals surface area contributed by atoms with Crippen LogP contribution in [0.5, 0.6) is 0 Å². The molecule has 0 aromatic rings. The lowest BCUT2D eigenvalue weighted by atomic mass is 9.99. The normalized spacial score (nSPS) is 14.9. The number of aliphatic carboxylic acids is 1. The molecule has 354 valence electrons. The highest BCUT2D eigenvalue weighted by atomic mass is 32.2. The molecule has 0 spiro atoms. The van der Waals surface area contributed by atoms with Gasteiger partial charge in [0.05, 0.1) is 12.7 Å². The van der Waals surface area contributed by atoms with Crippen LogP contribution in [0.2, 0.25) is 0 Å². The van der Waals surface area contributed by atoms with Crippen LogP contribution in [0.3, 0.4) is 0 Å². The lowest BCUT2D eigenvalue weighted by Crippen LogP contribution is -2.40. The van der Waals surface area contributed by atoms with Crippen LogP contribution < -0.4 is 5.73 Å². The van der Waals surface area contributed by atoms with Crippen LogP contribution >= 0.6 is 19.6 Å². The maximum absolute atomic E-state index is 13.0. The van der Waals surface area contributed by atoms with Gasteiger partial charge < -0.3 is 35.2 Å². The van der Waals surface area contributed by atoms with E-state index < -0.39 is 62.4 Å². The molecule has 0 saturated heterocycles.